The smallest absolute Gasteiger partial charge is 0.221 e. The molecular weight excluding hydrogens is 198 g/mol. The van der Waals surface area contributed by atoms with Gasteiger partial charge in [0, 0.05) is 5.56 Å². The maximum Gasteiger partial charge on any atom is 0.221 e. The predicted molar refractivity (Wildman–Crippen MR) is 65.1 cm³/mol. The van der Waals surface area contributed by atoms with Gasteiger partial charge in [0.15, 0.2) is 0 Å². The van der Waals surface area contributed by atoms with E-state index in [1.807, 2.05) is 6.08 Å². The summed E-state index contributed by atoms with van der Waals surface area (Å²) in [6.07, 6.45) is 12.9. The summed E-state index contributed by atoms with van der Waals surface area (Å²) in [5, 5.41) is 0. The molecule has 1 aromatic heterocycles. The van der Waals surface area contributed by atoms with E-state index in [0.717, 1.165) is 30.0 Å². The number of rotatable bonds is 1. The van der Waals surface area contributed by atoms with Crippen molar-refractivity contribution in [3.63, 3.8) is 0 Å². The highest BCUT2D eigenvalue weighted by atomic mass is 16.5. The highest BCUT2D eigenvalue weighted by molar-refractivity contribution is 5.73. The van der Waals surface area contributed by atoms with Crippen molar-refractivity contribution >= 4 is 11.6 Å². The summed E-state index contributed by atoms with van der Waals surface area (Å²) in [6.45, 7) is 0.623. The maximum atomic E-state index is 5.51. The lowest BCUT2D eigenvalue weighted by Gasteiger charge is -2.13. The van der Waals surface area contributed by atoms with Gasteiger partial charge in [-0.25, -0.2) is 4.98 Å². The van der Waals surface area contributed by atoms with Crippen LogP contribution in [0, 0.1) is 0 Å². The number of pyridine rings is 1. The van der Waals surface area contributed by atoms with Gasteiger partial charge in [-0.2, -0.15) is 0 Å². The van der Waals surface area contributed by atoms with Gasteiger partial charge < -0.3 is 4.74 Å². The molecule has 1 aromatic rings. The van der Waals surface area contributed by atoms with Crippen LogP contribution in [0.25, 0.3) is 11.6 Å². The van der Waals surface area contributed by atoms with E-state index in [1.54, 1.807) is 0 Å². The Hall–Kier alpha value is -1.83. The number of hydrogen-bond donors (Lipinski definition) is 0. The quantitative estimate of drug-likeness (QED) is 0.711. The normalized spacial score (nSPS) is 17.6. The third-order valence-electron chi connectivity index (χ3n) is 2.79. The minimum atomic E-state index is 0.623. The molecule has 2 aliphatic rings. The SMILES string of the molecule is C1=CC(c2ccc3c(n2)OCC=C3)=CCC1. The van der Waals surface area contributed by atoms with Gasteiger partial charge in [-0.3, -0.25) is 0 Å². The van der Waals surface area contributed by atoms with E-state index < -0.39 is 0 Å². The Morgan fingerprint density at radius 2 is 2.06 bits per heavy atom. The Balaban J connectivity index is 2.00. The van der Waals surface area contributed by atoms with E-state index in [9.17, 15) is 0 Å². The third-order valence-corrected chi connectivity index (χ3v) is 2.79. The summed E-state index contributed by atoms with van der Waals surface area (Å²) < 4.78 is 5.51. The molecule has 0 saturated carbocycles. The van der Waals surface area contributed by atoms with Crippen LogP contribution in [0.1, 0.15) is 24.1 Å². The van der Waals surface area contributed by atoms with Gasteiger partial charge in [-0.05, 0) is 36.6 Å². The number of nitrogens with zero attached hydrogens (tertiary/aromatic N) is 1. The highest BCUT2D eigenvalue weighted by Crippen LogP contribution is 2.26. The molecule has 2 nitrogen and oxygen atoms in total. The zero-order valence-electron chi connectivity index (χ0n) is 9.02. The molecule has 0 N–H and O–H groups in total. The minimum Gasteiger partial charge on any atom is -0.473 e. The highest BCUT2D eigenvalue weighted by Gasteiger charge is 2.10. The first-order chi connectivity index (χ1) is 7.93. The second kappa shape index (κ2) is 3.97. The average Bonchev–Trinajstić information content (AvgIpc) is 2.39. The second-order valence-corrected chi connectivity index (χ2v) is 3.94. The van der Waals surface area contributed by atoms with E-state index >= 15 is 0 Å². The van der Waals surface area contributed by atoms with Crippen molar-refractivity contribution in [2.45, 2.75) is 12.8 Å². The fourth-order valence-corrected chi connectivity index (χ4v) is 1.96. The number of ether oxygens (including phenoxy) is 1. The molecule has 0 saturated heterocycles. The molecule has 0 radical (unpaired) electrons. The van der Waals surface area contributed by atoms with Crippen LogP contribution < -0.4 is 4.74 Å². The lowest BCUT2D eigenvalue weighted by molar-refractivity contribution is 0.343. The van der Waals surface area contributed by atoms with Crippen molar-refractivity contribution < 1.29 is 4.74 Å². The summed E-state index contributed by atoms with van der Waals surface area (Å²) in [4.78, 5) is 4.54. The summed E-state index contributed by atoms with van der Waals surface area (Å²) in [6, 6.07) is 4.12. The first kappa shape index (κ1) is 9.40. The van der Waals surface area contributed by atoms with Gasteiger partial charge in [0.25, 0.3) is 0 Å². The number of allylic oxidation sites excluding steroid dienone is 4. The maximum absolute atomic E-state index is 5.51. The fraction of sp³-hybridized carbons (Fsp3) is 0.214. The molecule has 2 heteroatoms. The standard InChI is InChI=1S/C14H13NO/c1-2-5-11(6-3-1)13-9-8-12-7-4-10-16-14(12)15-13/h2,4-9H,1,3,10H2. The first-order valence-corrected chi connectivity index (χ1v) is 5.61. The van der Waals surface area contributed by atoms with Gasteiger partial charge in [-0.15, -0.1) is 0 Å². The number of aromatic nitrogens is 1. The van der Waals surface area contributed by atoms with Crippen molar-refractivity contribution in [3.8, 4) is 5.88 Å². The van der Waals surface area contributed by atoms with Crippen molar-refractivity contribution in [2.75, 3.05) is 6.61 Å². The molecule has 1 aliphatic heterocycles. The van der Waals surface area contributed by atoms with Crippen LogP contribution in [0.5, 0.6) is 5.88 Å². The minimum absolute atomic E-state index is 0.623. The van der Waals surface area contributed by atoms with Crippen LogP contribution in [0.3, 0.4) is 0 Å². The molecule has 16 heavy (non-hydrogen) atoms. The van der Waals surface area contributed by atoms with Gasteiger partial charge in [0.2, 0.25) is 5.88 Å². The monoisotopic (exact) mass is 211 g/mol. The Morgan fingerprint density at radius 3 is 2.94 bits per heavy atom. The van der Waals surface area contributed by atoms with Crippen molar-refractivity contribution in [1.29, 1.82) is 0 Å². The number of hydrogen-bond acceptors (Lipinski definition) is 2. The number of fused-ring (bicyclic) bond motifs is 1. The van der Waals surface area contributed by atoms with Crippen molar-refractivity contribution in [2.24, 2.45) is 0 Å². The molecule has 0 bridgehead atoms. The summed E-state index contributed by atoms with van der Waals surface area (Å²) >= 11 is 0. The van der Waals surface area contributed by atoms with Crippen LogP contribution in [0.2, 0.25) is 0 Å². The molecule has 1 aliphatic carbocycles. The Bertz CT molecular complexity index is 497. The molecule has 0 unspecified atom stereocenters. The molecule has 3 rings (SSSR count). The van der Waals surface area contributed by atoms with Gasteiger partial charge in [0.05, 0.1) is 5.69 Å². The van der Waals surface area contributed by atoms with Crippen LogP contribution in [-0.4, -0.2) is 11.6 Å². The molecule has 0 amide bonds. The van der Waals surface area contributed by atoms with Gasteiger partial charge in [-0.1, -0.05) is 24.3 Å². The lowest BCUT2D eigenvalue weighted by atomic mass is 10.0. The molecule has 0 aromatic carbocycles. The second-order valence-electron chi connectivity index (χ2n) is 3.94. The Kier molecular flexibility index (Phi) is 2.33. The van der Waals surface area contributed by atoms with Crippen LogP contribution >= 0.6 is 0 Å². The van der Waals surface area contributed by atoms with E-state index in [0.29, 0.717) is 6.61 Å². The predicted octanol–water partition coefficient (Wildman–Crippen LogP) is 3.22. The molecule has 0 fully saturated rings. The van der Waals surface area contributed by atoms with E-state index in [2.05, 4.69) is 41.4 Å². The summed E-state index contributed by atoms with van der Waals surface area (Å²) in [5.74, 6) is 0.750. The molecular formula is C14H13NO. The fourth-order valence-electron chi connectivity index (χ4n) is 1.96. The van der Waals surface area contributed by atoms with Crippen molar-refractivity contribution in [1.82, 2.24) is 4.98 Å². The topological polar surface area (TPSA) is 22.1 Å². The van der Waals surface area contributed by atoms with Crippen molar-refractivity contribution in [3.05, 3.63) is 47.7 Å². The lowest BCUT2D eigenvalue weighted by Crippen LogP contribution is -2.04. The third kappa shape index (κ3) is 1.67. The van der Waals surface area contributed by atoms with Gasteiger partial charge in [0.1, 0.15) is 6.61 Å². The van der Waals surface area contributed by atoms with E-state index in [-0.39, 0.29) is 0 Å². The average molecular weight is 211 g/mol. The van der Waals surface area contributed by atoms with Gasteiger partial charge >= 0.3 is 0 Å². The van der Waals surface area contributed by atoms with Crippen LogP contribution in [0.15, 0.2) is 36.4 Å². The first-order valence-electron chi connectivity index (χ1n) is 5.61. The van der Waals surface area contributed by atoms with E-state index in [4.69, 9.17) is 4.74 Å². The largest absolute Gasteiger partial charge is 0.473 e. The Labute approximate surface area is 95.0 Å². The molecule has 2 heterocycles. The Morgan fingerprint density at radius 1 is 1.06 bits per heavy atom. The zero-order valence-corrected chi connectivity index (χ0v) is 9.02. The van der Waals surface area contributed by atoms with Crippen LogP contribution in [-0.2, 0) is 0 Å². The molecule has 80 valence electrons. The molecule has 0 spiro atoms. The summed E-state index contributed by atoms with van der Waals surface area (Å²) in [5.41, 5.74) is 3.27. The molecule has 0 atom stereocenters. The summed E-state index contributed by atoms with van der Waals surface area (Å²) in [7, 11) is 0. The van der Waals surface area contributed by atoms with E-state index in [1.165, 1.54) is 5.57 Å². The van der Waals surface area contributed by atoms with Crippen LogP contribution in [0.4, 0.5) is 0 Å². The zero-order chi connectivity index (χ0) is 10.8.